The smallest absolute Gasteiger partial charge is 0.169 e. The molecule has 0 spiro atoms. The van der Waals surface area contributed by atoms with Crippen LogP contribution in [0.5, 0.6) is 0 Å². The molecule has 57 heavy (non-hydrogen) atoms. The van der Waals surface area contributed by atoms with Crippen LogP contribution in [0, 0.1) is 0 Å². The molecule has 7 aromatic rings. The number of halogens is 1. The summed E-state index contributed by atoms with van der Waals surface area (Å²) in [5.41, 5.74) is 10.8. The standard InChI is InChI=1S/C28H32N4O.C19H21BrN4/c1-28(2,33)25-8-6-7-23(17-25)26-19-30-32-20-24(18-29-27(26)32)22-11-9-21(10-12-22)13-16-31-14-4-3-5-15-31;20-18-13-22-24-14-17(12-21-19(18)24)16-6-4-15(5-7-16)8-11-23-9-2-1-3-10-23/h6-12,17-20,33H,3-5,13-16H2,1-2H3;4-7,12-14H,1-3,8-11H2. The normalized spacial score (nSPS) is 15.5. The molecule has 0 bridgehead atoms. The Morgan fingerprint density at radius 2 is 1.09 bits per heavy atom. The number of rotatable bonds is 10. The molecule has 3 aromatic carbocycles. The summed E-state index contributed by atoms with van der Waals surface area (Å²) in [6.07, 6.45) is 21.9. The SMILES string of the molecule is Brc1cnn2cc(-c3ccc(CCN4CCCCC4)cc3)cnc12.CC(C)(O)c1cccc(-c2cnn3cc(-c4ccc(CCN5CCCCC5)cc4)cnc23)c1. The van der Waals surface area contributed by atoms with E-state index in [1.165, 1.54) is 87.9 Å². The van der Waals surface area contributed by atoms with Crippen molar-refractivity contribution in [1.29, 1.82) is 0 Å². The molecule has 9 nitrogen and oxygen atoms in total. The van der Waals surface area contributed by atoms with Crippen LogP contribution in [0.2, 0.25) is 0 Å². The lowest BCUT2D eigenvalue weighted by Gasteiger charge is -2.26. The molecule has 2 aliphatic rings. The first-order valence-electron chi connectivity index (χ1n) is 20.6. The first-order chi connectivity index (χ1) is 27.8. The highest BCUT2D eigenvalue weighted by Crippen LogP contribution is 2.30. The van der Waals surface area contributed by atoms with Gasteiger partial charge in [-0.3, -0.25) is 0 Å². The second-order valence-electron chi connectivity index (χ2n) is 16.1. The van der Waals surface area contributed by atoms with Crippen molar-refractivity contribution in [3.63, 3.8) is 0 Å². The summed E-state index contributed by atoms with van der Waals surface area (Å²) in [5.74, 6) is 0. The van der Waals surface area contributed by atoms with Gasteiger partial charge in [-0.2, -0.15) is 10.2 Å². The van der Waals surface area contributed by atoms with Crippen LogP contribution in [0.25, 0.3) is 44.7 Å². The van der Waals surface area contributed by atoms with E-state index in [4.69, 9.17) is 4.98 Å². The number of benzene rings is 3. The van der Waals surface area contributed by atoms with Gasteiger partial charge in [0.15, 0.2) is 11.3 Å². The molecule has 10 heteroatoms. The van der Waals surface area contributed by atoms with Crippen LogP contribution in [0.1, 0.15) is 69.1 Å². The van der Waals surface area contributed by atoms with Gasteiger partial charge in [0.2, 0.25) is 0 Å². The van der Waals surface area contributed by atoms with Crippen molar-refractivity contribution in [3.8, 4) is 33.4 Å². The Morgan fingerprint density at radius 1 is 0.579 bits per heavy atom. The largest absolute Gasteiger partial charge is 0.386 e. The maximum Gasteiger partial charge on any atom is 0.169 e. The van der Waals surface area contributed by atoms with E-state index in [1.54, 1.807) is 20.0 Å². The molecule has 0 saturated carbocycles. The molecule has 4 aromatic heterocycles. The fraction of sp³-hybridized carbons (Fsp3) is 0.362. The van der Waals surface area contributed by atoms with E-state index in [9.17, 15) is 5.11 Å². The number of aromatic nitrogens is 6. The highest BCUT2D eigenvalue weighted by Gasteiger charge is 2.18. The maximum atomic E-state index is 10.4. The minimum absolute atomic E-state index is 0.810. The van der Waals surface area contributed by atoms with E-state index < -0.39 is 5.60 Å². The van der Waals surface area contributed by atoms with E-state index in [0.29, 0.717) is 0 Å². The van der Waals surface area contributed by atoms with Crippen molar-refractivity contribution in [3.05, 3.63) is 131 Å². The quantitative estimate of drug-likeness (QED) is 0.147. The maximum absolute atomic E-state index is 10.4. The van der Waals surface area contributed by atoms with Gasteiger partial charge < -0.3 is 14.9 Å². The Labute approximate surface area is 344 Å². The van der Waals surface area contributed by atoms with Gasteiger partial charge in [-0.1, -0.05) is 79.6 Å². The second-order valence-corrected chi connectivity index (χ2v) is 17.0. The number of hydrogen-bond donors (Lipinski definition) is 1. The Bertz CT molecular complexity index is 2380. The summed E-state index contributed by atoms with van der Waals surface area (Å²) in [4.78, 5) is 14.4. The van der Waals surface area contributed by atoms with E-state index in [2.05, 4.69) is 89.4 Å². The lowest BCUT2D eigenvalue weighted by molar-refractivity contribution is 0.0786. The Kier molecular flexibility index (Phi) is 12.2. The average molecular weight is 826 g/mol. The minimum atomic E-state index is -0.889. The lowest BCUT2D eigenvalue weighted by Crippen LogP contribution is -2.31. The predicted octanol–water partition coefficient (Wildman–Crippen LogP) is 9.51. The summed E-state index contributed by atoms with van der Waals surface area (Å²) >= 11 is 3.46. The summed E-state index contributed by atoms with van der Waals surface area (Å²) in [5, 5.41) is 19.2. The molecule has 0 atom stereocenters. The van der Waals surface area contributed by atoms with Crippen molar-refractivity contribution >= 4 is 27.2 Å². The van der Waals surface area contributed by atoms with E-state index in [0.717, 1.165) is 68.5 Å². The van der Waals surface area contributed by atoms with Crippen LogP contribution in [0.3, 0.4) is 0 Å². The molecule has 0 unspecified atom stereocenters. The fourth-order valence-corrected chi connectivity index (χ4v) is 8.33. The van der Waals surface area contributed by atoms with Gasteiger partial charge in [0.1, 0.15) is 0 Å². The zero-order chi connectivity index (χ0) is 39.2. The Balaban J connectivity index is 0.000000168. The zero-order valence-electron chi connectivity index (χ0n) is 33.2. The number of piperidine rings is 2. The van der Waals surface area contributed by atoms with Crippen molar-refractivity contribution in [2.45, 2.75) is 70.8 Å². The van der Waals surface area contributed by atoms with Crippen LogP contribution in [-0.4, -0.2) is 83.4 Å². The zero-order valence-corrected chi connectivity index (χ0v) is 34.8. The molecule has 2 aliphatic heterocycles. The summed E-state index contributed by atoms with van der Waals surface area (Å²) in [7, 11) is 0. The highest BCUT2D eigenvalue weighted by atomic mass is 79.9. The van der Waals surface area contributed by atoms with Gasteiger partial charge in [-0.05, 0) is 134 Å². The van der Waals surface area contributed by atoms with Gasteiger partial charge in [0.05, 0.1) is 22.5 Å². The first-order valence-corrected chi connectivity index (χ1v) is 21.3. The van der Waals surface area contributed by atoms with E-state index in [1.807, 2.05) is 64.3 Å². The fourth-order valence-electron chi connectivity index (χ4n) is 7.96. The van der Waals surface area contributed by atoms with Crippen molar-refractivity contribution in [2.75, 3.05) is 39.3 Å². The van der Waals surface area contributed by atoms with Gasteiger partial charge in [0.25, 0.3) is 0 Å². The Morgan fingerprint density at radius 3 is 1.63 bits per heavy atom. The number of nitrogens with zero attached hydrogens (tertiary/aromatic N) is 8. The summed E-state index contributed by atoms with van der Waals surface area (Å²) in [6.45, 7) is 10.9. The number of fused-ring (bicyclic) bond motifs is 2. The molecule has 1 N–H and O–H groups in total. The average Bonchev–Trinajstić information content (AvgIpc) is 3.86. The van der Waals surface area contributed by atoms with Gasteiger partial charge in [-0.25, -0.2) is 19.0 Å². The lowest BCUT2D eigenvalue weighted by atomic mass is 9.95. The van der Waals surface area contributed by atoms with Crippen molar-refractivity contribution in [2.24, 2.45) is 0 Å². The van der Waals surface area contributed by atoms with Crippen molar-refractivity contribution < 1.29 is 5.11 Å². The third-order valence-corrected chi connectivity index (χ3v) is 12.0. The molecular weight excluding hydrogens is 772 g/mol. The second kappa shape index (κ2) is 17.8. The van der Waals surface area contributed by atoms with Crippen molar-refractivity contribution in [1.82, 2.24) is 39.0 Å². The topological polar surface area (TPSA) is 87.1 Å². The predicted molar refractivity (Wildman–Crippen MR) is 233 cm³/mol. The summed E-state index contributed by atoms with van der Waals surface area (Å²) < 4.78 is 4.57. The van der Waals surface area contributed by atoms with Crippen LogP contribution in [0.15, 0.2) is 114 Å². The van der Waals surface area contributed by atoms with Gasteiger partial charge in [0, 0.05) is 54.6 Å². The minimum Gasteiger partial charge on any atom is -0.386 e. The molecule has 294 valence electrons. The van der Waals surface area contributed by atoms with E-state index >= 15 is 0 Å². The Hall–Kier alpha value is -4.74. The molecular formula is C47H53BrN8O. The number of likely N-dealkylation sites (tertiary alicyclic amines) is 2. The third kappa shape index (κ3) is 9.70. The van der Waals surface area contributed by atoms with Crippen LogP contribution < -0.4 is 0 Å². The number of hydrogen-bond acceptors (Lipinski definition) is 7. The van der Waals surface area contributed by atoms with Crippen LogP contribution in [0.4, 0.5) is 0 Å². The molecule has 2 fully saturated rings. The molecule has 0 radical (unpaired) electrons. The van der Waals surface area contributed by atoms with Crippen LogP contribution >= 0.6 is 15.9 Å². The van der Waals surface area contributed by atoms with Crippen LogP contribution in [-0.2, 0) is 18.4 Å². The molecule has 6 heterocycles. The van der Waals surface area contributed by atoms with Gasteiger partial charge in [-0.15, -0.1) is 0 Å². The van der Waals surface area contributed by atoms with Gasteiger partial charge >= 0.3 is 0 Å². The molecule has 0 amide bonds. The molecule has 9 rings (SSSR count). The summed E-state index contributed by atoms with van der Waals surface area (Å²) in [6, 6.07) is 25.6. The number of aliphatic hydroxyl groups is 1. The van der Waals surface area contributed by atoms with E-state index in [-0.39, 0.29) is 0 Å². The first kappa shape index (κ1) is 39.1. The molecule has 2 saturated heterocycles. The molecule has 0 aliphatic carbocycles. The third-order valence-electron chi connectivity index (χ3n) is 11.5. The highest BCUT2D eigenvalue weighted by molar-refractivity contribution is 9.10. The monoisotopic (exact) mass is 824 g/mol.